The molecular weight excluding hydrogens is 693 g/mol. The first kappa shape index (κ1) is 37.9. The van der Waals surface area contributed by atoms with Crippen LogP contribution in [0.5, 0.6) is 17.5 Å². The Kier molecular flexibility index (Phi) is 12.4. The van der Waals surface area contributed by atoms with Gasteiger partial charge in [0.05, 0.1) is 18.8 Å². The van der Waals surface area contributed by atoms with Crippen LogP contribution in [0.1, 0.15) is 67.8 Å². The van der Waals surface area contributed by atoms with Crippen LogP contribution in [0.3, 0.4) is 0 Å². The second kappa shape index (κ2) is 17.3. The highest BCUT2D eigenvalue weighted by Crippen LogP contribution is 2.46. The number of carbonyl (C=O) groups excluding carboxylic acids is 2. The predicted octanol–water partition coefficient (Wildman–Crippen LogP) is 5.56. The summed E-state index contributed by atoms with van der Waals surface area (Å²) >= 11 is 0. The minimum absolute atomic E-state index is 0.0103. The van der Waals surface area contributed by atoms with Crippen LogP contribution in [0.25, 0.3) is 0 Å². The number of amides is 2. The van der Waals surface area contributed by atoms with Crippen LogP contribution in [0.2, 0.25) is 0 Å². The van der Waals surface area contributed by atoms with Gasteiger partial charge in [-0.1, -0.05) is 12.1 Å². The Hall–Kier alpha value is -4.86. The maximum Gasteiger partial charge on any atom is 0.422 e. The van der Waals surface area contributed by atoms with Crippen molar-refractivity contribution in [1.82, 2.24) is 30.1 Å². The number of benzene rings is 2. The molecule has 0 unspecified atom stereocenters. The monoisotopic (exact) mass is 740 g/mol. The third-order valence-electron chi connectivity index (χ3n) is 9.54. The van der Waals surface area contributed by atoms with Gasteiger partial charge in [0, 0.05) is 56.8 Å². The van der Waals surface area contributed by atoms with Crippen molar-refractivity contribution in [3.8, 4) is 17.5 Å². The summed E-state index contributed by atoms with van der Waals surface area (Å²) in [5, 5.41) is 9.17. The zero-order chi connectivity index (χ0) is 37.3. The number of halogens is 3. The summed E-state index contributed by atoms with van der Waals surface area (Å²) in [6.07, 6.45) is 1.92. The lowest BCUT2D eigenvalue weighted by Gasteiger charge is -2.23. The minimum atomic E-state index is -4.60. The molecule has 13 nitrogen and oxygen atoms in total. The maximum absolute atomic E-state index is 13.6. The first-order valence-corrected chi connectivity index (χ1v) is 18.2. The molecular formula is C37H47F3N8O5. The number of carbonyl (C=O) groups is 2. The third kappa shape index (κ3) is 11.6. The highest BCUT2D eigenvalue weighted by Gasteiger charge is 2.44. The zero-order valence-corrected chi connectivity index (χ0v) is 30.0. The molecule has 2 fully saturated rings. The molecule has 4 heterocycles. The number of nitrogens with zero attached hydrogens (tertiary/aromatic N) is 5. The molecule has 16 heteroatoms. The van der Waals surface area contributed by atoms with E-state index in [-0.39, 0.29) is 42.3 Å². The molecule has 4 aliphatic rings. The van der Waals surface area contributed by atoms with Gasteiger partial charge in [0.15, 0.2) is 6.61 Å². The van der Waals surface area contributed by atoms with Gasteiger partial charge < -0.3 is 40.0 Å². The average Bonchev–Trinajstić information content (AvgIpc) is 3.70. The van der Waals surface area contributed by atoms with Crippen molar-refractivity contribution in [2.24, 2.45) is 5.41 Å². The number of rotatable bonds is 7. The highest BCUT2D eigenvalue weighted by molar-refractivity contribution is 5.97. The molecule has 3 aliphatic heterocycles. The van der Waals surface area contributed by atoms with Crippen LogP contribution in [-0.2, 0) is 11.3 Å². The lowest BCUT2D eigenvalue weighted by atomic mass is 10.1. The van der Waals surface area contributed by atoms with E-state index >= 15 is 0 Å². The predicted molar refractivity (Wildman–Crippen MR) is 192 cm³/mol. The first-order chi connectivity index (χ1) is 25.5. The van der Waals surface area contributed by atoms with E-state index in [9.17, 15) is 22.8 Å². The Bertz CT molecular complexity index is 1700. The van der Waals surface area contributed by atoms with E-state index in [1.807, 2.05) is 24.3 Å². The van der Waals surface area contributed by atoms with Gasteiger partial charge in [-0.3, -0.25) is 9.59 Å². The van der Waals surface area contributed by atoms with Crippen molar-refractivity contribution in [3.63, 3.8) is 0 Å². The van der Waals surface area contributed by atoms with E-state index in [2.05, 4.69) is 35.8 Å². The second-order valence-corrected chi connectivity index (χ2v) is 13.9. The Labute approximate surface area is 307 Å². The molecule has 7 rings (SSSR count). The van der Waals surface area contributed by atoms with Gasteiger partial charge in [0.1, 0.15) is 11.5 Å². The fourth-order valence-corrected chi connectivity index (χ4v) is 6.43. The number of ether oxygens (including phenoxy) is 3. The number of anilines is 3. The minimum Gasteiger partial charge on any atom is -0.494 e. The van der Waals surface area contributed by atoms with E-state index in [1.54, 1.807) is 30.0 Å². The number of hydrogen-bond acceptors (Lipinski definition) is 11. The molecule has 53 heavy (non-hydrogen) atoms. The topological polar surface area (TPSA) is 143 Å². The van der Waals surface area contributed by atoms with Gasteiger partial charge in [0.2, 0.25) is 17.8 Å². The molecule has 1 saturated heterocycles. The summed E-state index contributed by atoms with van der Waals surface area (Å²) in [6.45, 7) is 5.77. The number of aromatic nitrogens is 3. The maximum atomic E-state index is 13.6. The lowest BCUT2D eigenvalue weighted by Crippen LogP contribution is -2.37. The Balaban J connectivity index is 1.23. The second-order valence-electron chi connectivity index (χ2n) is 13.9. The van der Waals surface area contributed by atoms with E-state index in [0.717, 1.165) is 38.0 Å². The van der Waals surface area contributed by atoms with Gasteiger partial charge in [-0.15, -0.1) is 0 Å². The molecule has 2 aromatic carbocycles. The average molecular weight is 741 g/mol. The van der Waals surface area contributed by atoms with Gasteiger partial charge in [-0.2, -0.15) is 28.1 Å². The fraction of sp³-hybridized carbons (Fsp3) is 0.541. The van der Waals surface area contributed by atoms with Crippen LogP contribution < -0.4 is 30.2 Å². The summed E-state index contributed by atoms with van der Waals surface area (Å²) in [6, 6.07) is 11.7. The summed E-state index contributed by atoms with van der Waals surface area (Å²) in [4.78, 5) is 42.7. The zero-order valence-electron chi connectivity index (χ0n) is 30.0. The van der Waals surface area contributed by atoms with Crippen molar-refractivity contribution in [3.05, 3.63) is 53.6 Å². The number of fused-ring (bicyclic) bond motifs is 12. The molecule has 0 radical (unpaired) electrons. The normalized spacial score (nSPS) is 18.2. The smallest absolute Gasteiger partial charge is 0.422 e. The quantitative estimate of drug-likeness (QED) is 0.280. The molecule has 1 aromatic heterocycles. The summed E-state index contributed by atoms with van der Waals surface area (Å²) in [5.74, 6) is 0.619. The Morgan fingerprint density at radius 2 is 1.62 bits per heavy atom. The van der Waals surface area contributed by atoms with E-state index in [0.29, 0.717) is 68.3 Å². The van der Waals surface area contributed by atoms with Crippen LogP contribution >= 0.6 is 0 Å². The third-order valence-corrected chi connectivity index (χ3v) is 9.54. The van der Waals surface area contributed by atoms with E-state index in [4.69, 9.17) is 14.2 Å². The number of alkyl halides is 3. The van der Waals surface area contributed by atoms with Crippen molar-refractivity contribution < 1.29 is 37.0 Å². The molecule has 2 amide bonds. The van der Waals surface area contributed by atoms with Crippen LogP contribution in [0, 0.1) is 5.41 Å². The SMILES string of the molecule is CC(=O)N1CCCCOc2cc(ccc2C(=O)NCC2(CN3CCCC3)CC2)Nc2nc(nc(OCC(F)(F)F)n2)NCc2ccc(cc2)OCCC1. The molecule has 286 valence electrons. The summed E-state index contributed by atoms with van der Waals surface area (Å²) < 4.78 is 56.1. The van der Waals surface area contributed by atoms with Crippen molar-refractivity contribution >= 4 is 29.4 Å². The Morgan fingerprint density at radius 1 is 0.906 bits per heavy atom. The van der Waals surface area contributed by atoms with E-state index in [1.165, 1.54) is 12.8 Å². The molecule has 1 saturated carbocycles. The highest BCUT2D eigenvalue weighted by atomic mass is 19.4. The van der Waals surface area contributed by atoms with Crippen LogP contribution in [0.4, 0.5) is 30.8 Å². The van der Waals surface area contributed by atoms with Gasteiger partial charge in [0.25, 0.3) is 5.91 Å². The van der Waals surface area contributed by atoms with E-state index < -0.39 is 18.8 Å². The van der Waals surface area contributed by atoms with Crippen LogP contribution in [-0.4, -0.2) is 102 Å². The number of likely N-dealkylation sites (tertiary alicyclic amines) is 1. The van der Waals surface area contributed by atoms with Crippen molar-refractivity contribution in [2.45, 2.75) is 64.6 Å². The fourth-order valence-electron chi connectivity index (χ4n) is 6.43. The Morgan fingerprint density at radius 3 is 2.36 bits per heavy atom. The van der Waals surface area contributed by atoms with Crippen molar-refractivity contribution in [2.75, 3.05) is 69.7 Å². The van der Waals surface area contributed by atoms with Crippen molar-refractivity contribution in [1.29, 1.82) is 0 Å². The molecule has 3 aromatic rings. The molecule has 1 aliphatic carbocycles. The van der Waals surface area contributed by atoms with Gasteiger partial charge in [-0.25, -0.2) is 0 Å². The number of nitrogens with one attached hydrogen (secondary N) is 3. The molecule has 0 atom stereocenters. The van der Waals surface area contributed by atoms with Gasteiger partial charge >= 0.3 is 12.2 Å². The lowest BCUT2D eigenvalue weighted by molar-refractivity contribution is -0.154. The van der Waals surface area contributed by atoms with Crippen LogP contribution in [0.15, 0.2) is 42.5 Å². The first-order valence-electron chi connectivity index (χ1n) is 18.2. The standard InChI is InChI=1S/C37H47F3N8O5/c1-26(49)48-17-4-5-19-52-31-21-28(9-12-30(31)32(50)42-23-36(13-14-36)24-47-15-2-3-16-47)43-34-44-33(45-35(46-34)53-25-37(38,39)40)41-22-27-7-10-29(11-8-27)51-20-6-18-48/h7-12,21H,2-6,13-20,22-25H2,1H3,(H,42,50)(H2,41,43,44,45,46). The summed E-state index contributed by atoms with van der Waals surface area (Å²) in [5.41, 5.74) is 1.71. The largest absolute Gasteiger partial charge is 0.494 e. The number of hydrogen-bond donors (Lipinski definition) is 3. The molecule has 0 spiro atoms. The molecule has 3 N–H and O–H groups in total. The summed E-state index contributed by atoms with van der Waals surface area (Å²) in [7, 11) is 0. The molecule has 6 bridgehead atoms. The van der Waals surface area contributed by atoms with Gasteiger partial charge in [-0.05, 0) is 87.9 Å².